The lowest BCUT2D eigenvalue weighted by Gasteiger charge is -2.22. The molecule has 0 aliphatic heterocycles. The number of para-hydroxylation sites is 1. The number of nitrogens with two attached hydrogens (primary N) is 1. The number of imidazole rings is 1. The molecule has 0 saturated heterocycles. The van der Waals surface area contributed by atoms with E-state index in [9.17, 15) is 9.59 Å². The van der Waals surface area contributed by atoms with Crippen LogP contribution in [0.25, 0.3) is 11.0 Å². The van der Waals surface area contributed by atoms with Gasteiger partial charge in [0.05, 0.1) is 23.9 Å². The molecule has 140 valence electrons. The summed E-state index contributed by atoms with van der Waals surface area (Å²) in [5.74, 6) is 0.360. The van der Waals surface area contributed by atoms with Crippen LogP contribution in [0.5, 0.6) is 5.75 Å². The Kier molecular flexibility index (Phi) is 5.97. The minimum absolute atomic E-state index is 0.107. The van der Waals surface area contributed by atoms with E-state index in [4.69, 9.17) is 10.5 Å². The monoisotopic (exact) mass is 384 g/mol. The number of aromatic amines is 1. The van der Waals surface area contributed by atoms with Gasteiger partial charge in [-0.05, 0) is 24.3 Å². The van der Waals surface area contributed by atoms with Gasteiger partial charge in [0.15, 0.2) is 5.16 Å². The number of carbonyl (C=O) groups is 2. The molecule has 3 N–H and O–H groups in total. The first-order chi connectivity index (χ1) is 13.1. The number of ether oxygens (including phenoxy) is 1. The molecular formula is C19H20N4O3S. The molecule has 0 aliphatic rings. The van der Waals surface area contributed by atoms with E-state index in [0.717, 1.165) is 22.5 Å². The number of nitrogens with one attached hydrogen (secondary N) is 1. The molecule has 7 nitrogen and oxygen atoms in total. The molecule has 2 aromatic carbocycles. The Hall–Kier alpha value is -3.00. The van der Waals surface area contributed by atoms with E-state index in [1.165, 1.54) is 11.8 Å². The van der Waals surface area contributed by atoms with Crippen LogP contribution in [0, 0.1) is 0 Å². The quantitative estimate of drug-likeness (QED) is 0.581. The standard InChI is InChI=1S/C19H20N4O3S/c1-26-14-7-8-15-16(11-14)22-19(21-15)27-12-18(25)23(10-9-17(20)24)13-5-3-2-4-6-13/h2-8,11H,9-10,12H2,1H3,(H2,20,24)(H,21,22). The van der Waals surface area contributed by atoms with E-state index in [1.54, 1.807) is 12.0 Å². The zero-order chi connectivity index (χ0) is 19.2. The van der Waals surface area contributed by atoms with Gasteiger partial charge in [-0.2, -0.15) is 0 Å². The van der Waals surface area contributed by atoms with Crippen molar-refractivity contribution in [1.29, 1.82) is 0 Å². The number of thioether (sulfide) groups is 1. The SMILES string of the molecule is COc1ccc2nc(SCC(=O)N(CCC(N)=O)c3ccccc3)[nH]c2c1. The number of benzene rings is 2. The third-order valence-corrected chi connectivity index (χ3v) is 4.81. The Morgan fingerprint density at radius 2 is 2.00 bits per heavy atom. The lowest BCUT2D eigenvalue weighted by atomic mass is 10.2. The van der Waals surface area contributed by atoms with Crippen LogP contribution in [-0.4, -0.2) is 41.2 Å². The fourth-order valence-corrected chi connectivity index (χ4v) is 3.36. The van der Waals surface area contributed by atoms with Gasteiger partial charge in [-0.1, -0.05) is 30.0 Å². The van der Waals surface area contributed by atoms with Crippen LogP contribution in [0.4, 0.5) is 5.69 Å². The van der Waals surface area contributed by atoms with Gasteiger partial charge >= 0.3 is 0 Å². The molecule has 8 heteroatoms. The number of amides is 2. The van der Waals surface area contributed by atoms with Crippen LogP contribution < -0.4 is 15.4 Å². The molecule has 0 aliphatic carbocycles. The first kappa shape index (κ1) is 18.8. The predicted molar refractivity (Wildman–Crippen MR) is 106 cm³/mol. The summed E-state index contributed by atoms with van der Waals surface area (Å²) < 4.78 is 5.20. The Labute approximate surface area is 160 Å². The second kappa shape index (κ2) is 8.59. The summed E-state index contributed by atoms with van der Waals surface area (Å²) in [5.41, 5.74) is 7.63. The average Bonchev–Trinajstić information content (AvgIpc) is 3.09. The molecular weight excluding hydrogens is 364 g/mol. The molecule has 0 unspecified atom stereocenters. The molecule has 3 aromatic rings. The molecule has 0 radical (unpaired) electrons. The van der Waals surface area contributed by atoms with Crippen molar-refractivity contribution in [2.75, 3.05) is 24.3 Å². The summed E-state index contributed by atoms with van der Waals surface area (Å²) in [7, 11) is 1.61. The molecule has 27 heavy (non-hydrogen) atoms. The number of nitrogens with zero attached hydrogens (tertiary/aromatic N) is 2. The highest BCUT2D eigenvalue weighted by Gasteiger charge is 2.17. The van der Waals surface area contributed by atoms with Crippen molar-refractivity contribution in [2.24, 2.45) is 5.73 Å². The second-order valence-electron chi connectivity index (χ2n) is 5.81. The Morgan fingerprint density at radius 3 is 2.70 bits per heavy atom. The zero-order valence-electron chi connectivity index (χ0n) is 14.8. The molecule has 0 fully saturated rings. The maximum Gasteiger partial charge on any atom is 0.237 e. The zero-order valence-corrected chi connectivity index (χ0v) is 15.7. The second-order valence-corrected chi connectivity index (χ2v) is 6.77. The summed E-state index contributed by atoms with van der Waals surface area (Å²) in [6.45, 7) is 0.246. The first-order valence-electron chi connectivity index (χ1n) is 8.37. The highest BCUT2D eigenvalue weighted by atomic mass is 32.2. The number of hydrogen-bond donors (Lipinski definition) is 2. The fraction of sp³-hybridized carbons (Fsp3) is 0.211. The Morgan fingerprint density at radius 1 is 1.22 bits per heavy atom. The number of hydrogen-bond acceptors (Lipinski definition) is 5. The lowest BCUT2D eigenvalue weighted by Crippen LogP contribution is -2.35. The highest BCUT2D eigenvalue weighted by molar-refractivity contribution is 7.99. The normalized spacial score (nSPS) is 10.7. The van der Waals surface area contributed by atoms with E-state index in [0.29, 0.717) is 5.16 Å². The van der Waals surface area contributed by atoms with E-state index in [2.05, 4.69) is 9.97 Å². The van der Waals surface area contributed by atoms with E-state index < -0.39 is 5.91 Å². The maximum atomic E-state index is 12.7. The van der Waals surface area contributed by atoms with Crippen LogP contribution >= 0.6 is 11.8 Å². The summed E-state index contributed by atoms with van der Waals surface area (Å²) in [4.78, 5) is 33.1. The summed E-state index contributed by atoms with van der Waals surface area (Å²) in [6.07, 6.45) is 0.107. The van der Waals surface area contributed by atoms with E-state index in [-0.39, 0.29) is 24.6 Å². The summed E-state index contributed by atoms with van der Waals surface area (Å²) in [6, 6.07) is 14.8. The average molecular weight is 384 g/mol. The minimum Gasteiger partial charge on any atom is -0.497 e. The van der Waals surface area contributed by atoms with Crippen molar-refractivity contribution in [1.82, 2.24) is 9.97 Å². The molecule has 1 aromatic heterocycles. The number of H-pyrrole nitrogens is 1. The van der Waals surface area contributed by atoms with Crippen LogP contribution in [0.1, 0.15) is 6.42 Å². The van der Waals surface area contributed by atoms with E-state index in [1.807, 2.05) is 48.5 Å². The van der Waals surface area contributed by atoms with Gasteiger partial charge < -0.3 is 20.4 Å². The van der Waals surface area contributed by atoms with Crippen LogP contribution in [-0.2, 0) is 9.59 Å². The van der Waals surface area contributed by atoms with Crippen molar-refractivity contribution in [2.45, 2.75) is 11.6 Å². The predicted octanol–water partition coefficient (Wildman–Crippen LogP) is 2.57. The fourth-order valence-electron chi connectivity index (χ4n) is 2.60. The minimum atomic E-state index is -0.442. The van der Waals surface area contributed by atoms with Gasteiger partial charge in [0.1, 0.15) is 5.75 Å². The van der Waals surface area contributed by atoms with Gasteiger partial charge in [0.25, 0.3) is 0 Å². The topological polar surface area (TPSA) is 101 Å². The Bertz CT molecular complexity index is 943. The number of anilines is 1. The molecule has 0 spiro atoms. The van der Waals surface area contributed by atoms with Crippen molar-refractivity contribution < 1.29 is 14.3 Å². The Balaban J connectivity index is 1.70. The number of methoxy groups -OCH3 is 1. The maximum absolute atomic E-state index is 12.7. The molecule has 2 amide bonds. The molecule has 1 heterocycles. The van der Waals surface area contributed by atoms with Crippen LogP contribution in [0.3, 0.4) is 0 Å². The van der Waals surface area contributed by atoms with Gasteiger partial charge in [0, 0.05) is 24.7 Å². The van der Waals surface area contributed by atoms with Crippen molar-refractivity contribution in [3.05, 3.63) is 48.5 Å². The molecule has 0 bridgehead atoms. The van der Waals surface area contributed by atoms with Gasteiger partial charge in [-0.3, -0.25) is 9.59 Å². The van der Waals surface area contributed by atoms with Gasteiger partial charge in [0.2, 0.25) is 11.8 Å². The number of primary amides is 1. The van der Waals surface area contributed by atoms with Crippen molar-refractivity contribution >= 4 is 40.3 Å². The number of aromatic nitrogens is 2. The number of carbonyl (C=O) groups excluding carboxylic acids is 2. The van der Waals surface area contributed by atoms with Crippen molar-refractivity contribution in [3.63, 3.8) is 0 Å². The molecule has 3 rings (SSSR count). The van der Waals surface area contributed by atoms with Crippen LogP contribution in [0.15, 0.2) is 53.7 Å². The summed E-state index contributed by atoms with van der Waals surface area (Å²) >= 11 is 1.31. The largest absolute Gasteiger partial charge is 0.497 e. The molecule has 0 atom stereocenters. The third-order valence-electron chi connectivity index (χ3n) is 3.95. The highest BCUT2D eigenvalue weighted by Crippen LogP contribution is 2.24. The third kappa shape index (κ3) is 4.79. The first-order valence-corrected chi connectivity index (χ1v) is 9.35. The van der Waals surface area contributed by atoms with Gasteiger partial charge in [-0.15, -0.1) is 0 Å². The lowest BCUT2D eigenvalue weighted by molar-refractivity contribution is -0.118. The van der Waals surface area contributed by atoms with Crippen molar-refractivity contribution in [3.8, 4) is 5.75 Å². The number of rotatable bonds is 8. The number of fused-ring (bicyclic) bond motifs is 1. The van der Waals surface area contributed by atoms with Gasteiger partial charge in [-0.25, -0.2) is 4.98 Å². The van der Waals surface area contributed by atoms with Crippen LogP contribution in [0.2, 0.25) is 0 Å². The molecule has 0 saturated carbocycles. The summed E-state index contributed by atoms with van der Waals surface area (Å²) in [5, 5.41) is 0.648. The smallest absolute Gasteiger partial charge is 0.237 e. The van der Waals surface area contributed by atoms with E-state index >= 15 is 0 Å².